The Labute approximate surface area is 117 Å². The molecule has 0 bridgehead atoms. The first-order valence-corrected chi connectivity index (χ1v) is 10.6. The van der Waals surface area contributed by atoms with E-state index < -0.39 is 8.07 Å². The molecule has 2 nitrogen and oxygen atoms in total. The van der Waals surface area contributed by atoms with Crippen molar-refractivity contribution in [2.24, 2.45) is 5.92 Å². The summed E-state index contributed by atoms with van der Waals surface area (Å²) in [5.41, 5.74) is 5.57. The van der Waals surface area contributed by atoms with Gasteiger partial charge in [-0.25, -0.2) is 4.98 Å². The van der Waals surface area contributed by atoms with Gasteiger partial charge in [0.05, 0.1) is 0 Å². The number of rotatable bonds is 2. The summed E-state index contributed by atoms with van der Waals surface area (Å²) in [6.45, 7) is 8.58. The van der Waals surface area contributed by atoms with E-state index in [-0.39, 0.29) is 0 Å². The summed E-state index contributed by atoms with van der Waals surface area (Å²) in [4.78, 5) is 4.46. The number of pyridine rings is 1. The quantitative estimate of drug-likeness (QED) is 0.609. The number of nitrogens with zero attached hydrogens (tertiary/aromatic N) is 1. The number of hydrogen-bond acceptors (Lipinski definition) is 2. The van der Waals surface area contributed by atoms with E-state index in [1.807, 2.05) is 6.20 Å². The van der Waals surface area contributed by atoms with Gasteiger partial charge in [0.25, 0.3) is 0 Å². The van der Waals surface area contributed by atoms with Crippen molar-refractivity contribution in [2.75, 3.05) is 13.2 Å². The Morgan fingerprint density at radius 2 is 2.00 bits per heavy atom. The lowest BCUT2D eigenvalue weighted by atomic mass is 9.93. The summed E-state index contributed by atoms with van der Waals surface area (Å²) in [7, 11) is -1.30. The van der Waals surface area contributed by atoms with Crippen LogP contribution in [-0.4, -0.2) is 26.3 Å². The molecule has 19 heavy (non-hydrogen) atoms. The van der Waals surface area contributed by atoms with Crippen LogP contribution in [0.15, 0.2) is 18.3 Å². The molecule has 0 amide bonds. The molecule has 0 unspecified atom stereocenters. The van der Waals surface area contributed by atoms with E-state index in [1.165, 1.54) is 18.4 Å². The highest BCUT2D eigenvalue weighted by molar-refractivity contribution is 6.83. The Kier molecular flexibility index (Phi) is 4.79. The topological polar surface area (TPSA) is 22.1 Å². The van der Waals surface area contributed by atoms with E-state index in [2.05, 4.69) is 48.2 Å². The third kappa shape index (κ3) is 5.18. The summed E-state index contributed by atoms with van der Waals surface area (Å²) in [5, 5.41) is 0. The Bertz CT molecular complexity index is 458. The van der Waals surface area contributed by atoms with Crippen LogP contribution in [0.5, 0.6) is 0 Å². The van der Waals surface area contributed by atoms with Crippen LogP contribution in [0.3, 0.4) is 0 Å². The molecule has 102 valence electrons. The molecule has 0 N–H and O–H groups in total. The van der Waals surface area contributed by atoms with E-state index in [0.29, 0.717) is 0 Å². The molecular weight excluding hydrogens is 250 g/mol. The van der Waals surface area contributed by atoms with E-state index >= 15 is 0 Å². The Balaban J connectivity index is 1.95. The molecule has 1 saturated heterocycles. The summed E-state index contributed by atoms with van der Waals surface area (Å²) in [6, 6.07) is 4.23. The lowest BCUT2D eigenvalue weighted by Gasteiger charge is -2.21. The fourth-order valence-electron chi connectivity index (χ4n) is 2.15. The van der Waals surface area contributed by atoms with Gasteiger partial charge in [0.2, 0.25) is 0 Å². The molecule has 0 atom stereocenters. The molecule has 0 aromatic carbocycles. The lowest BCUT2D eigenvalue weighted by Crippen LogP contribution is -2.17. The monoisotopic (exact) mass is 273 g/mol. The third-order valence-electron chi connectivity index (χ3n) is 3.26. The van der Waals surface area contributed by atoms with Crippen LogP contribution in [0.25, 0.3) is 0 Å². The van der Waals surface area contributed by atoms with Crippen LogP contribution in [-0.2, 0) is 11.2 Å². The summed E-state index contributed by atoms with van der Waals surface area (Å²) < 4.78 is 5.39. The van der Waals surface area contributed by atoms with E-state index in [9.17, 15) is 0 Å². The van der Waals surface area contributed by atoms with Crippen LogP contribution in [0, 0.1) is 17.4 Å². The van der Waals surface area contributed by atoms with E-state index in [1.54, 1.807) is 0 Å². The maximum absolute atomic E-state index is 5.39. The fraction of sp³-hybridized carbons (Fsp3) is 0.562. The van der Waals surface area contributed by atoms with Gasteiger partial charge in [0, 0.05) is 19.4 Å². The van der Waals surface area contributed by atoms with Gasteiger partial charge in [0.1, 0.15) is 13.8 Å². The second kappa shape index (κ2) is 6.36. The van der Waals surface area contributed by atoms with Gasteiger partial charge in [-0.05, 0) is 36.8 Å². The van der Waals surface area contributed by atoms with Crippen molar-refractivity contribution < 1.29 is 4.74 Å². The third-order valence-corrected chi connectivity index (χ3v) is 4.13. The number of ether oxygens (including phenoxy) is 1. The summed E-state index contributed by atoms with van der Waals surface area (Å²) >= 11 is 0. The van der Waals surface area contributed by atoms with Gasteiger partial charge in [0.15, 0.2) is 0 Å². The minimum atomic E-state index is -1.30. The van der Waals surface area contributed by atoms with Gasteiger partial charge in [-0.3, -0.25) is 0 Å². The number of hydrogen-bond donors (Lipinski definition) is 0. The second-order valence-corrected chi connectivity index (χ2v) is 11.1. The first-order valence-electron chi connectivity index (χ1n) is 7.09. The van der Waals surface area contributed by atoms with Crippen LogP contribution in [0.2, 0.25) is 19.6 Å². The van der Waals surface area contributed by atoms with Gasteiger partial charge in [-0.15, -0.1) is 5.54 Å². The van der Waals surface area contributed by atoms with Crippen LogP contribution >= 0.6 is 0 Å². The van der Waals surface area contributed by atoms with Crippen molar-refractivity contribution in [1.82, 2.24) is 4.98 Å². The molecule has 2 heterocycles. The minimum Gasteiger partial charge on any atom is -0.381 e. The molecule has 1 aliphatic rings. The van der Waals surface area contributed by atoms with Gasteiger partial charge < -0.3 is 4.74 Å². The first-order chi connectivity index (χ1) is 9.03. The second-order valence-electron chi connectivity index (χ2n) is 6.31. The summed E-state index contributed by atoms with van der Waals surface area (Å²) in [6.07, 6.45) is 5.47. The molecule has 1 aliphatic heterocycles. The predicted octanol–water partition coefficient (Wildman–Crippen LogP) is 3.28. The highest BCUT2D eigenvalue weighted by Gasteiger charge is 2.14. The van der Waals surface area contributed by atoms with E-state index in [4.69, 9.17) is 4.74 Å². The molecule has 0 aliphatic carbocycles. The Hall–Kier alpha value is -1.11. The van der Waals surface area contributed by atoms with Crippen molar-refractivity contribution in [1.29, 1.82) is 0 Å². The van der Waals surface area contributed by atoms with Crippen molar-refractivity contribution in [3.8, 4) is 11.5 Å². The molecule has 0 radical (unpaired) electrons. The molecule has 0 spiro atoms. The van der Waals surface area contributed by atoms with Gasteiger partial charge in [-0.2, -0.15) is 0 Å². The zero-order chi connectivity index (χ0) is 13.7. The Morgan fingerprint density at radius 3 is 2.58 bits per heavy atom. The van der Waals surface area contributed by atoms with Crippen molar-refractivity contribution in [3.05, 3.63) is 29.6 Å². The predicted molar refractivity (Wildman–Crippen MR) is 81.7 cm³/mol. The molecular formula is C16H23NOSi. The standard InChI is InChI=1S/C16H23NOSi/c1-19(2,3)11-8-16-5-4-15(13-17-16)12-14-6-9-18-10-7-14/h4-5,13-14H,6-7,9-10,12H2,1-3H3. The maximum Gasteiger partial charge on any atom is 0.129 e. The molecule has 1 fully saturated rings. The largest absolute Gasteiger partial charge is 0.381 e. The molecule has 2 rings (SSSR count). The highest BCUT2D eigenvalue weighted by Crippen LogP contribution is 2.19. The SMILES string of the molecule is C[Si](C)(C)C#Cc1ccc(CC2CCOCC2)cn1. The maximum atomic E-state index is 5.39. The first kappa shape index (κ1) is 14.3. The zero-order valence-corrected chi connectivity index (χ0v) is 13.2. The van der Waals surface area contributed by atoms with Crippen molar-refractivity contribution >= 4 is 8.07 Å². The molecule has 1 aromatic heterocycles. The van der Waals surface area contributed by atoms with Crippen LogP contribution in [0.1, 0.15) is 24.1 Å². The van der Waals surface area contributed by atoms with Crippen LogP contribution in [0.4, 0.5) is 0 Å². The zero-order valence-electron chi connectivity index (χ0n) is 12.2. The minimum absolute atomic E-state index is 0.759. The van der Waals surface area contributed by atoms with Crippen LogP contribution < -0.4 is 0 Å². The van der Waals surface area contributed by atoms with Crippen molar-refractivity contribution in [3.63, 3.8) is 0 Å². The van der Waals surface area contributed by atoms with E-state index in [0.717, 1.165) is 31.2 Å². The Morgan fingerprint density at radius 1 is 1.26 bits per heavy atom. The fourth-order valence-corrected chi connectivity index (χ4v) is 2.66. The molecule has 1 aromatic rings. The smallest absolute Gasteiger partial charge is 0.129 e. The average molecular weight is 273 g/mol. The number of aromatic nitrogens is 1. The molecule has 0 saturated carbocycles. The average Bonchev–Trinajstić information content (AvgIpc) is 2.38. The molecule has 3 heteroatoms. The van der Waals surface area contributed by atoms with Gasteiger partial charge in [-0.1, -0.05) is 31.6 Å². The van der Waals surface area contributed by atoms with Gasteiger partial charge >= 0.3 is 0 Å². The normalized spacial score (nSPS) is 16.8. The highest BCUT2D eigenvalue weighted by atomic mass is 28.3. The van der Waals surface area contributed by atoms with Crippen molar-refractivity contribution in [2.45, 2.75) is 38.9 Å². The summed E-state index contributed by atoms with van der Waals surface area (Å²) in [5.74, 6) is 3.95. The lowest BCUT2D eigenvalue weighted by molar-refractivity contribution is 0.0665.